The van der Waals surface area contributed by atoms with Crippen molar-refractivity contribution < 1.29 is 19.2 Å². The number of ether oxygens (including phenoxy) is 2. The van der Waals surface area contributed by atoms with Crippen molar-refractivity contribution in [2.45, 2.75) is 13.8 Å². The van der Waals surface area contributed by atoms with Crippen LogP contribution in [0, 0.1) is 10.1 Å². The molecule has 0 aliphatic rings. The molecule has 0 aliphatic carbocycles. The van der Waals surface area contributed by atoms with E-state index in [0.29, 0.717) is 12.4 Å². The maximum Gasteiger partial charge on any atom is 0.345 e. The summed E-state index contributed by atoms with van der Waals surface area (Å²) in [4.78, 5) is 21.7. The van der Waals surface area contributed by atoms with Gasteiger partial charge in [0.25, 0.3) is 5.69 Å². The quantitative estimate of drug-likeness (QED) is 0.447. The summed E-state index contributed by atoms with van der Waals surface area (Å²) < 4.78 is 9.87. The molecule has 0 aliphatic heterocycles. The van der Waals surface area contributed by atoms with E-state index in [1.165, 1.54) is 18.2 Å². The first kappa shape index (κ1) is 13.0. The molecular weight excluding hydrogens is 226 g/mol. The van der Waals surface area contributed by atoms with Crippen LogP contribution >= 0.6 is 0 Å². The molecule has 0 atom stereocenters. The molecule has 0 bridgehead atoms. The highest BCUT2D eigenvalue weighted by Gasteiger charge is 2.22. The summed E-state index contributed by atoms with van der Waals surface area (Å²) >= 11 is 0. The van der Waals surface area contributed by atoms with E-state index in [-0.39, 0.29) is 17.9 Å². The van der Waals surface area contributed by atoms with Crippen LogP contribution in [0.15, 0.2) is 18.2 Å². The Morgan fingerprint density at radius 3 is 2.59 bits per heavy atom. The highest BCUT2D eigenvalue weighted by atomic mass is 16.6. The third-order valence-corrected chi connectivity index (χ3v) is 1.97. The lowest BCUT2D eigenvalue weighted by atomic mass is 10.1. The summed E-state index contributed by atoms with van der Waals surface area (Å²) in [6.07, 6.45) is 0. The first-order valence-corrected chi connectivity index (χ1v) is 5.18. The number of carbonyl (C=O) groups excluding carboxylic acids is 1. The Morgan fingerprint density at radius 2 is 2.06 bits per heavy atom. The molecule has 0 aromatic heterocycles. The number of nitrogens with zero attached hydrogens (tertiary/aromatic N) is 1. The van der Waals surface area contributed by atoms with Crippen LogP contribution < -0.4 is 4.74 Å². The molecule has 0 saturated carbocycles. The van der Waals surface area contributed by atoms with Crippen molar-refractivity contribution in [3.05, 3.63) is 33.9 Å². The van der Waals surface area contributed by atoms with Gasteiger partial charge < -0.3 is 9.47 Å². The van der Waals surface area contributed by atoms with Gasteiger partial charge in [-0.2, -0.15) is 0 Å². The van der Waals surface area contributed by atoms with E-state index in [9.17, 15) is 14.9 Å². The molecule has 1 rings (SSSR count). The fraction of sp³-hybridized carbons (Fsp3) is 0.364. The van der Waals surface area contributed by atoms with E-state index in [1.54, 1.807) is 13.8 Å². The van der Waals surface area contributed by atoms with Gasteiger partial charge >= 0.3 is 5.97 Å². The number of hydrogen-bond acceptors (Lipinski definition) is 5. The van der Waals surface area contributed by atoms with Crippen molar-refractivity contribution in [3.8, 4) is 5.75 Å². The summed E-state index contributed by atoms with van der Waals surface area (Å²) in [6.45, 7) is 3.97. The molecule has 17 heavy (non-hydrogen) atoms. The first-order chi connectivity index (χ1) is 8.10. The molecule has 6 heteroatoms. The zero-order valence-corrected chi connectivity index (χ0v) is 9.63. The standard InChI is InChI=1S/C11H13NO5/c1-3-16-8-5-6-9(11(13)17-4-2)10(7-8)12(14)15/h5-7H,3-4H2,1-2H3. The van der Waals surface area contributed by atoms with Gasteiger partial charge in [-0.25, -0.2) is 4.79 Å². The topological polar surface area (TPSA) is 78.7 Å². The molecule has 1 aromatic carbocycles. The van der Waals surface area contributed by atoms with Crippen LogP contribution in [-0.4, -0.2) is 24.1 Å². The number of hydrogen-bond donors (Lipinski definition) is 0. The minimum Gasteiger partial charge on any atom is -0.494 e. The fourth-order valence-electron chi connectivity index (χ4n) is 1.30. The fourth-order valence-corrected chi connectivity index (χ4v) is 1.30. The zero-order valence-electron chi connectivity index (χ0n) is 9.63. The Morgan fingerprint density at radius 1 is 1.35 bits per heavy atom. The lowest BCUT2D eigenvalue weighted by molar-refractivity contribution is -0.385. The second kappa shape index (κ2) is 5.83. The van der Waals surface area contributed by atoms with Crippen molar-refractivity contribution in [2.24, 2.45) is 0 Å². The molecule has 6 nitrogen and oxygen atoms in total. The summed E-state index contributed by atoms with van der Waals surface area (Å²) in [5.74, 6) is -0.352. The zero-order chi connectivity index (χ0) is 12.8. The monoisotopic (exact) mass is 239 g/mol. The largest absolute Gasteiger partial charge is 0.494 e. The minimum atomic E-state index is -0.706. The molecule has 92 valence electrons. The second-order valence-electron chi connectivity index (χ2n) is 3.09. The highest BCUT2D eigenvalue weighted by molar-refractivity contribution is 5.94. The second-order valence-corrected chi connectivity index (χ2v) is 3.09. The van der Waals surface area contributed by atoms with Gasteiger partial charge in [-0.3, -0.25) is 10.1 Å². The Hall–Kier alpha value is -2.11. The van der Waals surface area contributed by atoms with Crippen LogP contribution in [0.4, 0.5) is 5.69 Å². The Labute approximate surface area is 98.3 Å². The predicted molar refractivity (Wildman–Crippen MR) is 60.2 cm³/mol. The van der Waals surface area contributed by atoms with Crippen LogP contribution in [0.1, 0.15) is 24.2 Å². The van der Waals surface area contributed by atoms with Gasteiger partial charge in [-0.15, -0.1) is 0 Å². The van der Waals surface area contributed by atoms with Crippen LogP contribution in [0.5, 0.6) is 5.75 Å². The lowest BCUT2D eigenvalue weighted by Gasteiger charge is -2.06. The number of esters is 1. The van der Waals surface area contributed by atoms with Gasteiger partial charge in [-0.05, 0) is 26.0 Å². The SMILES string of the molecule is CCOC(=O)c1ccc(OCC)cc1[N+](=O)[O-]. The molecule has 0 radical (unpaired) electrons. The maximum atomic E-state index is 11.5. The summed E-state index contributed by atoms with van der Waals surface area (Å²) in [5, 5.41) is 10.8. The third kappa shape index (κ3) is 3.17. The van der Waals surface area contributed by atoms with Gasteiger partial charge in [0.05, 0.1) is 24.2 Å². The van der Waals surface area contributed by atoms with Crippen LogP contribution in [0.25, 0.3) is 0 Å². The molecule has 0 saturated heterocycles. The van der Waals surface area contributed by atoms with Crippen LogP contribution in [0.2, 0.25) is 0 Å². The van der Waals surface area contributed by atoms with Crippen molar-refractivity contribution in [1.82, 2.24) is 0 Å². The van der Waals surface area contributed by atoms with Gasteiger partial charge in [0.2, 0.25) is 0 Å². The number of carbonyl (C=O) groups is 1. The Kier molecular flexibility index (Phi) is 4.45. The van der Waals surface area contributed by atoms with Crippen molar-refractivity contribution in [1.29, 1.82) is 0 Å². The normalized spacial score (nSPS) is 9.76. The molecule has 0 spiro atoms. The number of rotatable bonds is 5. The lowest BCUT2D eigenvalue weighted by Crippen LogP contribution is -2.08. The average molecular weight is 239 g/mol. The van der Waals surface area contributed by atoms with Gasteiger partial charge in [0.1, 0.15) is 11.3 Å². The van der Waals surface area contributed by atoms with E-state index in [0.717, 1.165) is 0 Å². The molecule has 0 unspecified atom stereocenters. The summed E-state index contributed by atoms with van der Waals surface area (Å²) in [5.41, 5.74) is -0.380. The predicted octanol–water partition coefficient (Wildman–Crippen LogP) is 2.17. The van der Waals surface area contributed by atoms with E-state index >= 15 is 0 Å². The van der Waals surface area contributed by atoms with Crippen LogP contribution in [0.3, 0.4) is 0 Å². The third-order valence-electron chi connectivity index (χ3n) is 1.97. The van der Waals surface area contributed by atoms with E-state index in [4.69, 9.17) is 9.47 Å². The van der Waals surface area contributed by atoms with Gasteiger partial charge in [-0.1, -0.05) is 0 Å². The van der Waals surface area contributed by atoms with Crippen molar-refractivity contribution in [2.75, 3.05) is 13.2 Å². The van der Waals surface area contributed by atoms with Gasteiger partial charge in [0, 0.05) is 0 Å². The number of nitro groups is 1. The molecule has 0 heterocycles. The van der Waals surface area contributed by atoms with Crippen molar-refractivity contribution >= 4 is 11.7 Å². The summed E-state index contributed by atoms with van der Waals surface area (Å²) in [7, 11) is 0. The number of nitro benzene ring substituents is 1. The van der Waals surface area contributed by atoms with Gasteiger partial charge in [0.15, 0.2) is 0 Å². The van der Waals surface area contributed by atoms with Crippen LogP contribution in [-0.2, 0) is 4.74 Å². The Bertz CT molecular complexity index is 430. The highest BCUT2D eigenvalue weighted by Crippen LogP contribution is 2.25. The molecular formula is C11H13NO5. The first-order valence-electron chi connectivity index (χ1n) is 5.18. The van der Waals surface area contributed by atoms with E-state index < -0.39 is 10.9 Å². The minimum absolute atomic E-state index is 0.0692. The Balaban J connectivity index is 3.12. The molecule has 0 N–H and O–H groups in total. The number of benzene rings is 1. The molecule has 0 amide bonds. The maximum absolute atomic E-state index is 11.5. The smallest absolute Gasteiger partial charge is 0.345 e. The van der Waals surface area contributed by atoms with E-state index in [2.05, 4.69) is 0 Å². The van der Waals surface area contributed by atoms with E-state index in [1.807, 2.05) is 0 Å². The average Bonchev–Trinajstić information content (AvgIpc) is 2.29. The molecule has 1 aromatic rings. The summed E-state index contributed by atoms with van der Waals surface area (Å²) in [6, 6.07) is 4.06. The molecule has 0 fully saturated rings. The van der Waals surface area contributed by atoms with Crippen molar-refractivity contribution in [3.63, 3.8) is 0 Å².